The molecule has 0 aliphatic heterocycles. The summed E-state index contributed by atoms with van der Waals surface area (Å²) in [6.45, 7) is 0. The molecule has 0 saturated heterocycles. The van der Waals surface area contributed by atoms with E-state index >= 15 is 0 Å². The Hall–Kier alpha value is -1.83. The van der Waals surface area contributed by atoms with Gasteiger partial charge in [-0.15, -0.1) is 0 Å². The van der Waals surface area contributed by atoms with E-state index in [1.165, 1.54) is 18.2 Å². The molecule has 2 aromatic carbocycles. The average molecular weight is 378 g/mol. The number of carbonyl (C=O) groups excluding carboxylic acids is 1. The predicted molar refractivity (Wildman–Crippen MR) is 85.0 cm³/mol. The molecule has 0 saturated carbocycles. The molecule has 0 aliphatic carbocycles. The molecule has 0 bridgehead atoms. The van der Waals surface area contributed by atoms with Crippen LogP contribution >= 0.6 is 23.2 Å². The number of benzene rings is 2. The first-order valence-corrected chi connectivity index (χ1v) is 8.35. The molecule has 0 fully saturated rings. The molecule has 0 amide bonds. The van der Waals surface area contributed by atoms with Gasteiger partial charge in [0.2, 0.25) is 0 Å². The number of methoxy groups -OCH3 is 1. The van der Waals surface area contributed by atoms with E-state index in [4.69, 9.17) is 23.2 Å². The number of ether oxygens (including phenoxy) is 1. The lowest BCUT2D eigenvalue weighted by molar-refractivity contribution is 0.0600. The van der Waals surface area contributed by atoms with Gasteiger partial charge in [0.15, 0.2) is 0 Å². The van der Waals surface area contributed by atoms with Crippen molar-refractivity contribution in [2.24, 2.45) is 0 Å². The topological polar surface area (TPSA) is 72.5 Å². The van der Waals surface area contributed by atoms with Crippen LogP contribution in [0.25, 0.3) is 0 Å². The highest BCUT2D eigenvalue weighted by Crippen LogP contribution is 2.31. The number of carbonyl (C=O) groups is 1. The zero-order valence-corrected chi connectivity index (χ0v) is 14.0. The molecule has 122 valence electrons. The minimum atomic E-state index is -4.32. The van der Waals surface area contributed by atoms with Crippen LogP contribution in [0.15, 0.2) is 41.3 Å². The van der Waals surface area contributed by atoms with Crippen LogP contribution in [0.3, 0.4) is 0 Å². The first-order valence-electron chi connectivity index (χ1n) is 6.11. The SMILES string of the molecule is COC(=O)c1ccc(F)c(S(=O)(=O)Nc2cccc(Cl)c2Cl)c1. The van der Waals surface area contributed by atoms with Crippen molar-refractivity contribution in [3.8, 4) is 0 Å². The Balaban J connectivity index is 2.47. The van der Waals surface area contributed by atoms with E-state index in [1.807, 2.05) is 0 Å². The standard InChI is InChI=1S/C14H10Cl2FNO4S/c1-22-14(19)8-5-6-10(17)12(7-8)23(20,21)18-11-4-2-3-9(15)13(11)16/h2-7,18H,1H3. The summed E-state index contributed by atoms with van der Waals surface area (Å²) < 4.78 is 45.2. The van der Waals surface area contributed by atoms with Gasteiger partial charge in [0.25, 0.3) is 10.0 Å². The number of sulfonamides is 1. The number of hydrogen-bond donors (Lipinski definition) is 1. The molecular weight excluding hydrogens is 368 g/mol. The average Bonchev–Trinajstić information content (AvgIpc) is 2.51. The lowest BCUT2D eigenvalue weighted by Crippen LogP contribution is -2.16. The van der Waals surface area contributed by atoms with Crippen molar-refractivity contribution in [2.45, 2.75) is 4.90 Å². The van der Waals surface area contributed by atoms with E-state index in [0.717, 1.165) is 25.3 Å². The van der Waals surface area contributed by atoms with Gasteiger partial charge in [0.1, 0.15) is 10.7 Å². The maximum absolute atomic E-state index is 13.9. The fourth-order valence-corrected chi connectivity index (χ4v) is 3.32. The molecule has 0 radical (unpaired) electrons. The highest BCUT2D eigenvalue weighted by molar-refractivity contribution is 7.92. The molecule has 0 unspecified atom stereocenters. The largest absolute Gasteiger partial charge is 0.465 e. The van der Waals surface area contributed by atoms with Crippen LogP contribution in [-0.4, -0.2) is 21.5 Å². The van der Waals surface area contributed by atoms with Gasteiger partial charge in [-0.25, -0.2) is 17.6 Å². The Labute approximate surface area is 142 Å². The third kappa shape index (κ3) is 3.74. The predicted octanol–water partition coefficient (Wildman–Crippen LogP) is 3.72. The van der Waals surface area contributed by atoms with E-state index in [-0.39, 0.29) is 21.3 Å². The van der Waals surface area contributed by atoms with Crippen molar-refractivity contribution < 1.29 is 22.3 Å². The number of esters is 1. The van der Waals surface area contributed by atoms with Gasteiger partial charge in [-0.3, -0.25) is 4.72 Å². The van der Waals surface area contributed by atoms with Gasteiger partial charge in [0.05, 0.1) is 28.4 Å². The molecule has 0 atom stereocenters. The minimum Gasteiger partial charge on any atom is -0.465 e. The Morgan fingerprint density at radius 3 is 2.57 bits per heavy atom. The van der Waals surface area contributed by atoms with Crippen LogP contribution in [0.1, 0.15) is 10.4 Å². The van der Waals surface area contributed by atoms with Gasteiger partial charge in [0, 0.05) is 0 Å². The summed E-state index contributed by atoms with van der Waals surface area (Å²) in [7, 11) is -3.19. The zero-order chi connectivity index (χ0) is 17.2. The molecule has 0 aromatic heterocycles. The summed E-state index contributed by atoms with van der Waals surface area (Å²) in [6, 6.07) is 7.18. The number of nitrogens with one attached hydrogen (secondary N) is 1. The lowest BCUT2D eigenvalue weighted by atomic mass is 10.2. The molecule has 23 heavy (non-hydrogen) atoms. The van der Waals surface area contributed by atoms with Gasteiger partial charge in [-0.05, 0) is 30.3 Å². The highest BCUT2D eigenvalue weighted by atomic mass is 35.5. The number of anilines is 1. The molecule has 0 aliphatic rings. The van der Waals surface area contributed by atoms with E-state index in [1.54, 1.807) is 0 Å². The summed E-state index contributed by atoms with van der Waals surface area (Å²) in [4.78, 5) is 10.8. The summed E-state index contributed by atoms with van der Waals surface area (Å²) in [6.07, 6.45) is 0. The Bertz CT molecular complexity index is 871. The summed E-state index contributed by atoms with van der Waals surface area (Å²) in [5.41, 5.74) is -0.117. The van der Waals surface area contributed by atoms with Crippen LogP contribution in [0, 0.1) is 5.82 Å². The first-order chi connectivity index (χ1) is 10.8. The van der Waals surface area contributed by atoms with E-state index < -0.39 is 26.7 Å². The smallest absolute Gasteiger partial charge is 0.337 e. The van der Waals surface area contributed by atoms with Crippen molar-refractivity contribution in [2.75, 3.05) is 11.8 Å². The van der Waals surface area contributed by atoms with E-state index in [2.05, 4.69) is 9.46 Å². The van der Waals surface area contributed by atoms with Crippen LogP contribution < -0.4 is 4.72 Å². The molecule has 9 heteroatoms. The Morgan fingerprint density at radius 1 is 1.22 bits per heavy atom. The van der Waals surface area contributed by atoms with Crippen molar-refractivity contribution >= 4 is 44.9 Å². The van der Waals surface area contributed by atoms with Crippen LogP contribution in [0.5, 0.6) is 0 Å². The van der Waals surface area contributed by atoms with E-state index in [0.29, 0.717) is 0 Å². The van der Waals surface area contributed by atoms with Crippen molar-refractivity contribution in [3.05, 3.63) is 57.8 Å². The second-order valence-electron chi connectivity index (χ2n) is 4.34. The summed E-state index contributed by atoms with van der Waals surface area (Å²) in [5, 5.41) is 0.109. The van der Waals surface area contributed by atoms with Crippen molar-refractivity contribution in [3.63, 3.8) is 0 Å². The molecule has 0 spiro atoms. The van der Waals surface area contributed by atoms with Crippen LogP contribution in [-0.2, 0) is 14.8 Å². The number of rotatable bonds is 4. The Morgan fingerprint density at radius 2 is 1.91 bits per heavy atom. The van der Waals surface area contributed by atoms with Crippen molar-refractivity contribution in [1.29, 1.82) is 0 Å². The number of halogens is 3. The van der Waals surface area contributed by atoms with Crippen LogP contribution in [0.2, 0.25) is 10.0 Å². The van der Waals surface area contributed by atoms with E-state index in [9.17, 15) is 17.6 Å². The molecule has 0 heterocycles. The van der Waals surface area contributed by atoms with Gasteiger partial charge < -0.3 is 4.74 Å². The molecule has 1 N–H and O–H groups in total. The van der Waals surface area contributed by atoms with Gasteiger partial charge in [-0.2, -0.15) is 0 Å². The quantitative estimate of drug-likeness (QED) is 0.824. The molecular formula is C14H10Cl2FNO4S. The monoisotopic (exact) mass is 377 g/mol. The van der Waals surface area contributed by atoms with Crippen LogP contribution in [0.4, 0.5) is 10.1 Å². The first kappa shape index (κ1) is 17.5. The molecule has 5 nitrogen and oxygen atoms in total. The lowest BCUT2D eigenvalue weighted by Gasteiger charge is -2.11. The summed E-state index contributed by atoms with van der Waals surface area (Å²) in [5.74, 6) is -1.81. The number of hydrogen-bond acceptors (Lipinski definition) is 4. The zero-order valence-electron chi connectivity index (χ0n) is 11.6. The maximum Gasteiger partial charge on any atom is 0.337 e. The molecule has 2 aromatic rings. The third-order valence-corrected chi connectivity index (χ3v) is 5.04. The summed E-state index contributed by atoms with van der Waals surface area (Å²) >= 11 is 11.7. The fourth-order valence-electron chi connectivity index (χ4n) is 1.74. The van der Waals surface area contributed by atoms with Crippen molar-refractivity contribution in [1.82, 2.24) is 0 Å². The second-order valence-corrected chi connectivity index (χ2v) is 6.78. The second kappa shape index (κ2) is 6.74. The maximum atomic E-state index is 13.9. The third-order valence-electron chi connectivity index (χ3n) is 2.84. The normalized spacial score (nSPS) is 11.1. The molecule has 2 rings (SSSR count). The Kier molecular flexibility index (Phi) is 5.13. The fraction of sp³-hybridized carbons (Fsp3) is 0.0714. The van der Waals surface area contributed by atoms with Gasteiger partial charge in [-0.1, -0.05) is 29.3 Å². The van der Waals surface area contributed by atoms with Gasteiger partial charge >= 0.3 is 5.97 Å². The highest BCUT2D eigenvalue weighted by Gasteiger charge is 2.23. The minimum absolute atomic E-state index is 0.0120.